The first-order valence-electron chi connectivity index (χ1n) is 12.1. The van der Waals surface area contributed by atoms with E-state index in [9.17, 15) is 9.18 Å². The average molecular weight is 511 g/mol. The molecule has 35 heavy (non-hydrogen) atoms. The van der Waals surface area contributed by atoms with E-state index in [1.165, 1.54) is 12.1 Å². The molecule has 2 N–H and O–H groups in total. The molecule has 3 aromatic rings. The highest BCUT2D eigenvalue weighted by molar-refractivity contribution is 6.32. The van der Waals surface area contributed by atoms with Gasteiger partial charge < -0.3 is 5.73 Å². The van der Waals surface area contributed by atoms with Gasteiger partial charge in [-0.3, -0.25) is 9.69 Å². The maximum Gasteiger partial charge on any atom is 0.217 e. The predicted octanol–water partition coefficient (Wildman–Crippen LogP) is 6.95. The van der Waals surface area contributed by atoms with Crippen molar-refractivity contribution in [1.82, 2.24) is 4.90 Å². The molecule has 2 aliphatic rings. The molecule has 0 radical (unpaired) electrons. The van der Waals surface area contributed by atoms with Gasteiger partial charge in [-0.2, -0.15) is 0 Å². The zero-order chi connectivity index (χ0) is 24.6. The zero-order valence-corrected chi connectivity index (χ0v) is 21.0. The molecule has 0 aromatic heterocycles. The number of carbonyl (C=O) groups is 1. The Morgan fingerprint density at radius 3 is 1.91 bits per heavy atom. The maximum atomic E-state index is 13.5. The van der Waals surface area contributed by atoms with E-state index in [2.05, 4.69) is 17.0 Å². The molecule has 2 fully saturated rings. The summed E-state index contributed by atoms with van der Waals surface area (Å²) in [6.07, 6.45) is 4.80. The van der Waals surface area contributed by atoms with Crippen LogP contribution in [0.2, 0.25) is 10.0 Å². The summed E-state index contributed by atoms with van der Waals surface area (Å²) >= 11 is 13.5. The Morgan fingerprint density at radius 1 is 0.914 bits per heavy atom. The van der Waals surface area contributed by atoms with Gasteiger partial charge in [-0.05, 0) is 78.5 Å². The third kappa shape index (κ3) is 4.97. The molecule has 2 saturated heterocycles. The minimum Gasteiger partial charge on any atom is -0.370 e. The fraction of sp³-hybridized carbons (Fsp3) is 0.345. The van der Waals surface area contributed by atoms with E-state index in [0.717, 1.165) is 52.4 Å². The second-order valence-electron chi connectivity index (χ2n) is 10.1. The van der Waals surface area contributed by atoms with Gasteiger partial charge in [-0.1, -0.05) is 71.7 Å². The molecule has 3 aromatic carbocycles. The van der Waals surface area contributed by atoms with E-state index < -0.39 is 0 Å². The molecule has 3 nitrogen and oxygen atoms in total. The van der Waals surface area contributed by atoms with Crippen LogP contribution >= 0.6 is 23.2 Å². The number of halogens is 3. The van der Waals surface area contributed by atoms with Gasteiger partial charge >= 0.3 is 0 Å². The van der Waals surface area contributed by atoms with Gasteiger partial charge in [0.2, 0.25) is 5.91 Å². The van der Waals surface area contributed by atoms with Crippen LogP contribution in [-0.2, 0) is 11.2 Å². The van der Waals surface area contributed by atoms with Gasteiger partial charge in [0.1, 0.15) is 5.82 Å². The lowest BCUT2D eigenvalue weighted by Gasteiger charge is -2.50. The quantitative estimate of drug-likeness (QED) is 0.373. The summed E-state index contributed by atoms with van der Waals surface area (Å²) in [5, 5.41) is 1.44. The second-order valence-corrected chi connectivity index (χ2v) is 10.9. The monoisotopic (exact) mass is 510 g/mol. The van der Waals surface area contributed by atoms with Crippen LogP contribution in [0.25, 0.3) is 0 Å². The Balaban J connectivity index is 1.53. The smallest absolute Gasteiger partial charge is 0.217 e. The molecule has 2 aliphatic heterocycles. The lowest BCUT2D eigenvalue weighted by atomic mass is 9.68. The number of primary amides is 1. The van der Waals surface area contributed by atoms with E-state index in [1.807, 2.05) is 48.5 Å². The molecule has 3 atom stereocenters. The number of hydrogen-bond donors (Lipinski definition) is 1. The van der Waals surface area contributed by atoms with Crippen LogP contribution in [0.4, 0.5) is 4.39 Å². The molecule has 6 heteroatoms. The number of amides is 1. The molecule has 1 amide bonds. The lowest BCUT2D eigenvalue weighted by molar-refractivity contribution is -0.122. The van der Waals surface area contributed by atoms with Gasteiger partial charge in [0.15, 0.2) is 0 Å². The largest absolute Gasteiger partial charge is 0.370 e. The highest BCUT2D eigenvalue weighted by atomic mass is 35.5. The van der Waals surface area contributed by atoms with Crippen LogP contribution < -0.4 is 5.73 Å². The number of rotatable bonds is 7. The number of fused-ring (bicyclic) bond motifs is 2. The van der Waals surface area contributed by atoms with Gasteiger partial charge in [-0.25, -0.2) is 4.39 Å². The van der Waals surface area contributed by atoms with Gasteiger partial charge in [0.25, 0.3) is 0 Å². The van der Waals surface area contributed by atoms with E-state index in [0.29, 0.717) is 12.8 Å². The summed E-state index contributed by atoms with van der Waals surface area (Å²) in [6, 6.07) is 23.0. The van der Waals surface area contributed by atoms with Crippen LogP contribution in [0.1, 0.15) is 54.8 Å². The Morgan fingerprint density at radius 2 is 1.43 bits per heavy atom. The topological polar surface area (TPSA) is 46.3 Å². The molecule has 0 spiro atoms. The number of piperidine rings is 1. The average Bonchev–Trinajstić information content (AvgIpc) is 3.08. The minimum absolute atomic E-state index is 0.0766. The minimum atomic E-state index is -0.284. The van der Waals surface area contributed by atoms with Crippen molar-refractivity contribution in [2.75, 3.05) is 0 Å². The molecule has 2 heterocycles. The Kier molecular flexibility index (Phi) is 6.89. The zero-order valence-electron chi connectivity index (χ0n) is 19.5. The van der Waals surface area contributed by atoms with E-state index >= 15 is 0 Å². The maximum absolute atomic E-state index is 13.5. The molecule has 1 unspecified atom stereocenters. The first kappa shape index (κ1) is 24.3. The molecular formula is C29H29Cl2FN2O. The SMILES string of the molecule is NC(=O)CC1(Cc2ccc(F)cc2)C[C@H]2CC[C@@H](C1)N2C(c1ccccc1Cl)c1ccccc1Cl. The normalized spacial score (nSPS) is 24.1. The number of carbonyl (C=O) groups excluding carboxylic acids is 1. The van der Waals surface area contributed by atoms with E-state index in [-0.39, 0.29) is 35.3 Å². The van der Waals surface area contributed by atoms with Crippen molar-refractivity contribution >= 4 is 29.1 Å². The molecular weight excluding hydrogens is 482 g/mol. The van der Waals surface area contributed by atoms with Gasteiger partial charge in [-0.15, -0.1) is 0 Å². The van der Waals surface area contributed by atoms with Crippen molar-refractivity contribution in [3.05, 3.63) is 105 Å². The molecule has 5 rings (SSSR count). The van der Waals surface area contributed by atoms with E-state index in [4.69, 9.17) is 28.9 Å². The summed E-state index contributed by atoms with van der Waals surface area (Å²) in [4.78, 5) is 14.8. The van der Waals surface area contributed by atoms with Crippen molar-refractivity contribution in [1.29, 1.82) is 0 Å². The summed E-state index contributed by atoms with van der Waals surface area (Å²) in [5.74, 6) is -0.538. The fourth-order valence-corrected chi connectivity index (χ4v) is 7.02. The van der Waals surface area contributed by atoms with Crippen LogP contribution in [-0.4, -0.2) is 22.9 Å². The van der Waals surface area contributed by atoms with Crippen LogP contribution in [0.15, 0.2) is 72.8 Å². The number of nitrogens with two attached hydrogens (primary N) is 1. The van der Waals surface area contributed by atoms with Crippen LogP contribution in [0.3, 0.4) is 0 Å². The highest BCUT2D eigenvalue weighted by Gasteiger charge is 2.51. The lowest BCUT2D eigenvalue weighted by Crippen LogP contribution is -2.51. The van der Waals surface area contributed by atoms with Crippen molar-refractivity contribution in [3.8, 4) is 0 Å². The Bertz CT molecular complexity index is 1160. The number of nitrogens with zero attached hydrogens (tertiary/aromatic N) is 1. The molecule has 182 valence electrons. The van der Waals surface area contributed by atoms with Crippen molar-refractivity contribution < 1.29 is 9.18 Å². The number of benzene rings is 3. The van der Waals surface area contributed by atoms with Gasteiger partial charge in [0, 0.05) is 28.5 Å². The molecule has 0 saturated carbocycles. The standard InChI is InChI=1S/C29H29Cl2FN2O/c30-25-7-3-1-5-23(25)28(24-6-2-4-8-26(24)31)34-21-13-14-22(34)17-29(16-21,18-27(33)35)15-19-9-11-20(32)12-10-19/h1-12,21-22,28H,13-18H2,(H2,33,35)/t21-,22+,29?. The van der Waals surface area contributed by atoms with E-state index in [1.54, 1.807) is 0 Å². The van der Waals surface area contributed by atoms with Crippen molar-refractivity contribution in [3.63, 3.8) is 0 Å². The van der Waals surface area contributed by atoms with Crippen molar-refractivity contribution in [2.24, 2.45) is 11.1 Å². The molecule has 2 bridgehead atoms. The van der Waals surface area contributed by atoms with Crippen LogP contribution in [0.5, 0.6) is 0 Å². The predicted molar refractivity (Wildman–Crippen MR) is 139 cm³/mol. The Hall–Kier alpha value is -2.40. The first-order valence-corrected chi connectivity index (χ1v) is 12.9. The number of hydrogen-bond acceptors (Lipinski definition) is 2. The Labute approximate surface area is 216 Å². The first-order chi connectivity index (χ1) is 16.8. The summed E-state index contributed by atoms with van der Waals surface area (Å²) in [7, 11) is 0. The van der Waals surface area contributed by atoms with Crippen LogP contribution in [0, 0.1) is 11.2 Å². The summed E-state index contributed by atoms with van der Waals surface area (Å²) in [5.41, 5.74) is 8.63. The summed E-state index contributed by atoms with van der Waals surface area (Å²) in [6.45, 7) is 0. The van der Waals surface area contributed by atoms with Gasteiger partial charge in [0.05, 0.1) is 6.04 Å². The van der Waals surface area contributed by atoms with Crippen molar-refractivity contribution in [2.45, 2.75) is 56.7 Å². The summed E-state index contributed by atoms with van der Waals surface area (Å²) < 4.78 is 13.5. The third-order valence-electron chi connectivity index (χ3n) is 7.75. The second kappa shape index (κ2) is 9.93. The molecule has 0 aliphatic carbocycles. The third-order valence-corrected chi connectivity index (χ3v) is 8.44. The highest BCUT2D eigenvalue weighted by Crippen LogP contribution is 2.53. The fourth-order valence-electron chi connectivity index (χ4n) is 6.54.